The highest BCUT2D eigenvalue weighted by Crippen LogP contribution is 2.30. The molecule has 1 aromatic carbocycles. The van der Waals surface area contributed by atoms with Crippen LogP contribution in [-0.2, 0) is 14.4 Å². The maximum absolute atomic E-state index is 12.1. The normalized spacial score (nSPS) is 20.0. The zero-order valence-electron chi connectivity index (χ0n) is 13.0. The number of hydrogen-bond acceptors (Lipinski definition) is 4. The van der Waals surface area contributed by atoms with Crippen molar-refractivity contribution in [3.63, 3.8) is 0 Å². The largest absolute Gasteiger partial charge is 0.484 e. The van der Waals surface area contributed by atoms with Crippen molar-refractivity contribution >= 4 is 29.4 Å². The number of carbonyl (C=O) groups is 3. The van der Waals surface area contributed by atoms with E-state index in [-0.39, 0.29) is 6.61 Å². The summed E-state index contributed by atoms with van der Waals surface area (Å²) in [5.74, 6) is -2.87. The molecule has 0 aliphatic heterocycles. The van der Waals surface area contributed by atoms with Crippen LogP contribution in [0.25, 0.3) is 0 Å². The Morgan fingerprint density at radius 2 is 1.71 bits per heavy atom. The van der Waals surface area contributed by atoms with Gasteiger partial charge in [0.1, 0.15) is 5.75 Å². The number of carboxylic acid groups (broad SMARTS) is 1. The van der Waals surface area contributed by atoms with Crippen LogP contribution < -0.4 is 15.6 Å². The first-order valence-corrected chi connectivity index (χ1v) is 8.05. The monoisotopic (exact) mass is 354 g/mol. The highest BCUT2D eigenvalue weighted by atomic mass is 35.5. The molecule has 0 spiro atoms. The summed E-state index contributed by atoms with van der Waals surface area (Å²) in [4.78, 5) is 35.0. The minimum Gasteiger partial charge on any atom is -0.484 e. The van der Waals surface area contributed by atoms with Gasteiger partial charge >= 0.3 is 5.97 Å². The summed E-state index contributed by atoms with van der Waals surface area (Å²) < 4.78 is 5.24. The number of amides is 2. The maximum atomic E-state index is 12.1. The fourth-order valence-corrected chi connectivity index (χ4v) is 2.81. The number of carboxylic acids is 1. The summed E-state index contributed by atoms with van der Waals surface area (Å²) in [5, 5.41) is 9.72. The van der Waals surface area contributed by atoms with Crippen LogP contribution in [0.1, 0.15) is 25.7 Å². The Hall–Kier alpha value is -2.28. The second kappa shape index (κ2) is 8.54. The molecule has 1 aliphatic carbocycles. The van der Waals surface area contributed by atoms with Crippen molar-refractivity contribution in [2.24, 2.45) is 11.8 Å². The molecule has 2 rings (SSSR count). The van der Waals surface area contributed by atoms with Crippen LogP contribution >= 0.6 is 11.6 Å². The summed E-state index contributed by atoms with van der Waals surface area (Å²) in [7, 11) is 0. The van der Waals surface area contributed by atoms with Crippen LogP contribution in [0.3, 0.4) is 0 Å². The number of nitrogens with one attached hydrogen (secondary N) is 2. The molecule has 8 heteroatoms. The van der Waals surface area contributed by atoms with Gasteiger partial charge in [0.15, 0.2) is 6.61 Å². The molecule has 0 aromatic heterocycles. The third kappa shape index (κ3) is 5.13. The summed E-state index contributed by atoms with van der Waals surface area (Å²) in [6.07, 6.45) is 2.57. The predicted octanol–water partition coefficient (Wildman–Crippen LogP) is 1.76. The van der Waals surface area contributed by atoms with Gasteiger partial charge in [-0.3, -0.25) is 25.2 Å². The number of benzene rings is 1. The lowest BCUT2D eigenvalue weighted by molar-refractivity contribution is -0.149. The molecule has 0 unspecified atom stereocenters. The lowest BCUT2D eigenvalue weighted by Gasteiger charge is -2.27. The van der Waals surface area contributed by atoms with Gasteiger partial charge in [0.2, 0.25) is 5.91 Å². The minimum absolute atomic E-state index is 0.283. The van der Waals surface area contributed by atoms with Crippen molar-refractivity contribution in [3.8, 4) is 5.75 Å². The molecule has 130 valence electrons. The highest BCUT2D eigenvalue weighted by molar-refractivity contribution is 6.30. The summed E-state index contributed by atoms with van der Waals surface area (Å²) in [6.45, 7) is -0.283. The van der Waals surface area contributed by atoms with Crippen LogP contribution in [0.15, 0.2) is 24.3 Å². The molecule has 1 aliphatic rings. The standard InChI is InChI=1S/C16H19ClN2O5/c17-10-5-7-11(8-6-10)24-9-14(20)18-19-15(21)12-3-1-2-4-13(12)16(22)23/h5-8,12-13H,1-4,9H2,(H,18,20)(H,19,21)(H,22,23)/t12-,13+/m1/s1. The number of hydrogen-bond donors (Lipinski definition) is 3. The molecule has 3 N–H and O–H groups in total. The minimum atomic E-state index is -0.979. The number of aliphatic carboxylic acids is 1. The first-order chi connectivity index (χ1) is 11.5. The van der Waals surface area contributed by atoms with E-state index < -0.39 is 29.6 Å². The average molecular weight is 355 g/mol. The number of hydrazine groups is 1. The van der Waals surface area contributed by atoms with E-state index in [0.717, 1.165) is 12.8 Å². The smallest absolute Gasteiger partial charge is 0.307 e. The predicted molar refractivity (Wildman–Crippen MR) is 86.3 cm³/mol. The number of carbonyl (C=O) groups excluding carboxylic acids is 2. The number of ether oxygens (including phenoxy) is 1. The van der Waals surface area contributed by atoms with E-state index in [4.69, 9.17) is 21.4 Å². The molecule has 0 radical (unpaired) electrons. The van der Waals surface area contributed by atoms with E-state index in [1.807, 2.05) is 0 Å². The van der Waals surface area contributed by atoms with Crippen molar-refractivity contribution in [2.45, 2.75) is 25.7 Å². The van der Waals surface area contributed by atoms with Crippen molar-refractivity contribution < 1.29 is 24.2 Å². The first kappa shape index (κ1) is 18.1. The molecular formula is C16H19ClN2O5. The van der Waals surface area contributed by atoms with Crippen LogP contribution in [0, 0.1) is 11.8 Å². The third-order valence-electron chi connectivity index (χ3n) is 3.93. The second-order valence-corrected chi connectivity index (χ2v) is 6.05. The lowest BCUT2D eigenvalue weighted by Crippen LogP contribution is -2.49. The molecule has 2 atom stereocenters. The summed E-state index contributed by atoms with van der Waals surface area (Å²) in [5.41, 5.74) is 4.52. The van der Waals surface area contributed by atoms with Crippen LogP contribution in [-0.4, -0.2) is 29.5 Å². The molecule has 1 fully saturated rings. The molecule has 0 heterocycles. The van der Waals surface area contributed by atoms with E-state index in [0.29, 0.717) is 23.6 Å². The fourth-order valence-electron chi connectivity index (χ4n) is 2.68. The Kier molecular flexibility index (Phi) is 6.43. The van der Waals surface area contributed by atoms with E-state index in [2.05, 4.69) is 10.9 Å². The van der Waals surface area contributed by atoms with E-state index >= 15 is 0 Å². The van der Waals surface area contributed by atoms with Crippen LogP contribution in [0.4, 0.5) is 0 Å². The van der Waals surface area contributed by atoms with E-state index in [1.165, 1.54) is 0 Å². The van der Waals surface area contributed by atoms with Gasteiger partial charge in [0.05, 0.1) is 11.8 Å². The third-order valence-corrected chi connectivity index (χ3v) is 4.18. The molecule has 7 nitrogen and oxygen atoms in total. The molecule has 2 amide bonds. The van der Waals surface area contributed by atoms with Gasteiger partial charge in [-0.2, -0.15) is 0 Å². The van der Waals surface area contributed by atoms with Crippen LogP contribution in [0.5, 0.6) is 5.75 Å². The Labute approximate surface area is 144 Å². The summed E-state index contributed by atoms with van der Waals surface area (Å²) in [6, 6.07) is 6.50. The number of halogens is 1. The second-order valence-electron chi connectivity index (χ2n) is 5.62. The lowest BCUT2D eigenvalue weighted by atomic mass is 9.79. The molecule has 0 bridgehead atoms. The topological polar surface area (TPSA) is 105 Å². The average Bonchev–Trinajstić information content (AvgIpc) is 2.59. The highest BCUT2D eigenvalue weighted by Gasteiger charge is 2.35. The van der Waals surface area contributed by atoms with Crippen molar-refractivity contribution in [2.75, 3.05) is 6.61 Å². The van der Waals surface area contributed by atoms with Gasteiger partial charge in [-0.1, -0.05) is 24.4 Å². The molecule has 1 saturated carbocycles. The summed E-state index contributed by atoms with van der Waals surface area (Å²) >= 11 is 5.74. The molecular weight excluding hydrogens is 336 g/mol. The van der Waals surface area contributed by atoms with Gasteiger partial charge in [0.25, 0.3) is 5.91 Å². The molecule has 1 aromatic rings. The first-order valence-electron chi connectivity index (χ1n) is 7.67. The van der Waals surface area contributed by atoms with Gasteiger partial charge < -0.3 is 9.84 Å². The van der Waals surface area contributed by atoms with Gasteiger partial charge in [0, 0.05) is 5.02 Å². The van der Waals surface area contributed by atoms with Crippen molar-refractivity contribution in [1.82, 2.24) is 10.9 Å². The van der Waals surface area contributed by atoms with Gasteiger partial charge in [-0.25, -0.2) is 0 Å². The van der Waals surface area contributed by atoms with Gasteiger partial charge in [-0.05, 0) is 37.1 Å². The molecule has 0 saturated heterocycles. The maximum Gasteiger partial charge on any atom is 0.307 e. The van der Waals surface area contributed by atoms with E-state index in [1.54, 1.807) is 24.3 Å². The Balaban J connectivity index is 1.77. The Morgan fingerprint density at radius 1 is 1.08 bits per heavy atom. The van der Waals surface area contributed by atoms with Crippen LogP contribution in [0.2, 0.25) is 5.02 Å². The Morgan fingerprint density at radius 3 is 2.33 bits per heavy atom. The number of rotatable bonds is 5. The zero-order valence-corrected chi connectivity index (χ0v) is 13.7. The SMILES string of the molecule is O=C(COc1ccc(Cl)cc1)NNC(=O)[C@@H]1CCCC[C@@H]1C(=O)O. The zero-order chi connectivity index (χ0) is 17.5. The Bertz CT molecular complexity index is 605. The fraction of sp³-hybridized carbons (Fsp3) is 0.438. The quantitative estimate of drug-likeness (QED) is 0.699. The van der Waals surface area contributed by atoms with Crippen molar-refractivity contribution in [1.29, 1.82) is 0 Å². The molecule has 24 heavy (non-hydrogen) atoms. The van der Waals surface area contributed by atoms with Gasteiger partial charge in [-0.15, -0.1) is 0 Å². The van der Waals surface area contributed by atoms with Crippen molar-refractivity contribution in [3.05, 3.63) is 29.3 Å². The van der Waals surface area contributed by atoms with E-state index in [9.17, 15) is 14.4 Å².